The molecule has 0 bridgehead atoms. The minimum Gasteiger partial charge on any atom is -0.351 e. The van der Waals surface area contributed by atoms with Crippen molar-refractivity contribution in [2.45, 2.75) is 19.9 Å². The SMILES string of the molecule is CC(C)C1CN(c2cnc3ccccc3n2)CCN1C(=N)N(C#N)c1ccc(F)cc1Cl. The van der Waals surface area contributed by atoms with E-state index in [4.69, 9.17) is 22.0 Å². The molecule has 0 aliphatic carbocycles. The topological polar surface area (TPSA) is 83.1 Å². The van der Waals surface area contributed by atoms with E-state index in [0.29, 0.717) is 19.6 Å². The van der Waals surface area contributed by atoms with Crippen molar-refractivity contribution in [1.82, 2.24) is 14.9 Å². The number of halogens is 2. The Morgan fingerprint density at radius 3 is 2.69 bits per heavy atom. The number of nitrogens with zero attached hydrogens (tertiary/aromatic N) is 6. The van der Waals surface area contributed by atoms with Crippen molar-refractivity contribution in [1.29, 1.82) is 10.7 Å². The number of piperazine rings is 1. The highest BCUT2D eigenvalue weighted by Crippen LogP contribution is 2.29. The Hall–Kier alpha value is -3.44. The fraction of sp³-hybridized carbons (Fsp3) is 0.304. The van der Waals surface area contributed by atoms with Crippen molar-refractivity contribution < 1.29 is 4.39 Å². The monoisotopic (exact) mass is 451 g/mol. The van der Waals surface area contributed by atoms with Gasteiger partial charge >= 0.3 is 0 Å². The molecule has 1 saturated heterocycles. The Kier molecular flexibility index (Phi) is 6.10. The maximum atomic E-state index is 13.5. The number of fused-ring (bicyclic) bond motifs is 1. The molecule has 4 rings (SSSR count). The lowest BCUT2D eigenvalue weighted by molar-refractivity contribution is 0.221. The van der Waals surface area contributed by atoms with Gasteiger partial charge in [-0.3, -0.25) is 10.4 Å². The molecule has 0 saturated carbocycles. The van der Waals surface area contributed by atoms with E-state index in [2.05, 4.69) is 23.7 Å². The van der Waals surface area contributed by atoms with Crippen molar-refractivity contribution in [2.24, 2.45) is 5.92 Å². The first-order valence-corrected chi connectivity index (χ1v) is 10.7. The number of anilines is 2. The lowest BCUT2D eigenvalue weighted by atomic mass is 9.99. The van der Waals surface area contributed by atoms with Crippen molar-refractivity contribution in [3.05, 3.63) is 59.5 Å². The standard InChI is InChI=1S/C23H23ClFN7/c1-15(2)21-13-30(22-12-28-18-5-3-4-6-19(18)29-22)9-10-31(21)23(27)32(14-26)20-8-7-16(25)11-17(20)24/h3-8,11-12,15,21,27H,9-10,13H2,1-2H3. The summed E-state index contributed by atoms with van der Waals surface area (Å²) in [4.78, 5) is 14.5. The number of benzene rings is 2. The first-order valence-electron chi connectivity index (χ1n) is 10.4. The van der Waals surface area contributed by atoms with E-state index in [-0.39, 0.29) is 28.6 Å². The second-order valence-corrected chi connectivity index (χ2v) is 8.43. The van der Waals surface area contributed by atoms with E-state index in [1.165, 1.54) is 12.1 Å². The first kappa shape index (κ1) is 21.8. The van der Waals surface area contributed by atoms with Gasteiger partial charge in [0.15, 0.2) is 6.19 Å². The molecule has 9 heteroatoms. The number of para-hydroxylation sites is 2. The number of nitrogens with one attached hydrogen (secondary N) is 1. The highest BCUT2D eigenvalue weighted by molar-refractivity contribution is 6.34. The van der Waals surface area contributed by atoms with Crippen LogP contribution >= 0.6 is 11.6 Å². The number of rotatable bonds is 3. The van der Waals surface area contributed by atoms with Gasteiger partial charge in [-0.15, -0.1) is 0 Å². The van der Waals surface area contributed by atoms with Crippen molar-refractivity contribution in [2.75, 3.05) is 29.4 Å². The molecule has 7 nitrogen and oxygen atoms in total. The molecule has 1 aliphatic rings. The van der Waals surface area contributed by atoms with Crippen LogP contribution in [0.5, 0.6) is 0 Å². The predicted octanol–water partition coefficient (Wildman–Crippen LogP) is 4.49. The molecule has 32 heavy (non-hydrogen) atoms. The molecule has 3 aromatic rings. The van der Waals surface area contributed by atoms with Gasteiger partial charge in [0, 0.05) is 19.6 Å². The maximum Gasteiger partial charge on any atom is 0.212 e. The molecule has 1 fully saturated rings. The van der Waals surface area contributed by atoms with Gasteiger partial charge in [-0.05, 0) is 36.2 Å². The molecule has 1 N–H and O–H groups in total. The van der Waals surface area contributed by atoms with E-state index >= 15 is 0 Å². The zero-order valence-electron chi connectivity index (χ0n) is 17.8. The van der Waals surface area contributed by atoms with Crippen LogP contribution < -0.4 is 9.80 Å². The van der Waals surface area contributed by atoms with Crippen LogP contribution in [0.1, 0.15) is 13.8 Å². The van der Waals surface area contributed by atoms with Crippen molar-refractivity contribution in [3.63, 3.8) is 0 Å². The van der Waals surface area contributed by atoms with Crippen molar-refractivity contribution in [3.8, 4) is 6.19 Å². The summed E-state index contributed by atoms with van der Waals surface area (Å²) in [6.45, 7) is 5.94. The van der Waals surface area contributed by atoms with Crippen LogP contribution in [0.2, 0.25) is 5.02 Å². The molecule has 1 aromatic heterocycles. The lowest BCUT2D eigenvalue weighted by Gasteiger charge is -2.45. The van der Waals surface area contributed by atoms with E-state index < -0.39 is 5.82 Å². The highest BCUT2D eigenvalue weighted by atomic mass is 35.5. The molecule has 2 heterocycles. The van der Waals surface area contributed by atoms with Gasteiger partial charge < -0.3 is 9.80 Å². The minimum absolute atomic E-state index is 0.0175. The molecule has 0 radical (unpaired) electrons. The largest absolute Gasteiger partial charge is 0.351 e. The van der Waals surface area contributed by atoms with E-state index in [1.807, 2.05) is 35.4 Å². The Balaban J connectivity index is 1.58. The Morgan fingerprint density at radius 1 is 1.25 bits per heavy atom. The third-order valence-electron chi connectivity index (χ3n) is 5.68. The summed E-state index contributed by atoms with van der Waals surface area (Å²) in [6, 6.07) is 11.5. The third-order valence-corrected chi connectivity index (χ3v) is 5.99. The molecule has 0 amide bonds. The van der Waals surface area contributed by atoms with E-state index in [1.54, 1.807) is 6.20 Å². The third kappa shape index (κ3) is 4.16. The lowest BCUT2D eigenvalue weighted by Crippen LogP contribution is -2.60. The van der Waals surface area contributed by atoms with Crippen LogP contribution in [0.25, 0.3) is 11.0 Å². The molecule has 0 spiro atoms. The quantitative estimate of drug-likeness (QED) is 0.273. The number of aromatic nitrogens is 2. The smallest absolute Gasteiger partial charge is 0.212 e. The fourth-order valence-electron chi connectivity index (χ4n) is 3.96. The van der Waals surface area contributed by atoms with Gasteiger partial charge in [0.25, 0.3) is 0 Å². The number of guanidine groups is 1. The van der Waals surface area contributed by atoms with Gasteiger partial charge in [-0.25, -0.2) is 14.3 Å². The summed E-state index contributed by atoms with van der Waals surface area (Å²) >= 11 is 6.16. The van der Waals surface area contributed by atoms with Crippen LogP contribution in [0.3, 0.4) is 0 Å². The zero-order chi connectivity index (χ0) is 22.8. The summed E-state index contributed by atoms with van der Waals surface area (Å²) < 4.78 is 13.5. The average Bonchev–Trinajstić information content (AvgIpc) is 2.80. The van der Waals surface area contributed by atoms with E-state index in [9.17, 15) is 9.65 Å². The minimum atomic E-state index is -0.492. The Bertz CT molecular complexity index is 1190. The average molecular weight is 452 g/mol. The van der Waals surface area contributed by atoms with E-state index in [0.717, 1.165) is 27.8 Å². The molecular formula is C23H23ClFN7. The number of hydrogen-bond acceptors (Lipinski definition) is 5. The van der Waals surface area contributed by atoms with Gasteiger partial charge in [-0.1, -0.05) is 37.6 Å². The zero-order valence-corrected chi connectivity index (χ0v) is 18.6. The molecule has 1 unspecified atom stereocenters. The summed E-state index contributed by atoms with van der Waals surface area (Å²) in [6.07, 6.45) is 3.80. The summed E-state index contributed by atoms with van der Waals surface area (Å²) in [7, 11) is 0. The van der Waals surface area contributed by atoms with Gasteiger partial charge in [0.2, 0.25) is 5.96 Å². The second kappa shape index (κ2) is 8.97. The summed E-state index contributed by atoms with van der Waals surface area (Å²) in [5, 5.41) is 18.6. The molecule has 2 aromatic carbocycles. The summed E-state index contributed by atoms with van der Waals surface area (Å²) in [5.74, 6) is 0.521. The maximum absolute atomic E-state index is 13.5. The number of nitriles is 1. The molecule has 1 atom stereocenters. The first-order chi connectivity index (χ1) is 15.4. The molecular weight excluding hydrogens is 429 g/mol. The second-order valence-electron chi connectivity index (χ2n) is 8.02. The normalized spacial score (nSPS) is 16.3. The Morgan fingerprint density at radius 2 is 2.00 bits per heavy atom. The summed E-state index contributed by atoms with van der Waals surface area (Å²) in [5.41, 5.74) is 1.96. The van der Waals surface area contributed by atoms with Crippen LogP contribution in [0, 0.1) is 28.6 Å². The molecule has 1 aliphatic heterocycles. The van der Waals surface area contributed by atoms with Gasteiger partial charge in [0.05, 0.1) is 34.0 Å². The van der Waals surface area contributed by atoms with Crippen LogP contribution in [-0.4, -0.2) is 46.5 Å². The fourth-order valence-corrected chi connectivity index (χ4v) is 4.21. The highest BCUT2D eigenvalue weighted by Gasteiger charge is 2.34. The van der Waals surface area contributed by atoms with Crippen molar-refractivity contribution >= 4 is 40.1 Å². The van der Waals surface area contributed by atoms with Crippen LogP contribution in [0.4, 0.5) is 15.9 Å². The van der Waals surface area contributed by atoms with Gasteiger partial charge in [0.1, 0.15) is 11.6 Å². The Labute approximate surface area is 191 Å². The predicted molar refractivity (Wildman–Crippen MR) is 124 cm³/mol. The van der Waals surface area contributed by atoms with Crippen LogP contribution in [-0.2, 0) is 0 Å². The molecule has 164 valence electrons. The number of hydrogen-bond donors (Lipinski definition) is 1. The van der Waals surface area contributed by atoms with Crippen LogP contribution in [0.15, 0.2) is 48.7 Å². The van der Waals surface area contributed by atoms with Gasteiger partial charge in [-0.2, -0.15) is 5.26 Å².